The van der Waals surface area contributed by atoms with Crippen molar-refractivity contribution >= 4 is 17.3 Å². The van der Waals surface area contributed by atoms with E-state index < -0.39 is 0 Å². The van der Waals surface area contributed by atoms with E-state index >= 15 is 0 Å². The second kappa shape index (κ2) is 8.52. The molecule has 3 N–H and O–H groups in total. The molecule has 1 amide bonds. The number of rotatable bonds is 8. The van der Waals surface area contributed by atoms with Gasteiger partial charge in [0.05, 0.1) is 18.8 Å². The van der Waals surface area contributed by atoms with Crippen LogP contribution in [-0.2, 0) is 4.79 Å². The number of hydrogen-bond acceptors (Lipinski definition) is 4. The van der Waals surface area contributed by atoms with Gasteiger partial charge in [-0.25, -0.2) is 0 Å². The lowest BCUT2D eigenvalue weighted by molar-refractivity contribution is -0.120. The number of methoxy groups -OCH3 is 1. The molecule has 0 saturated heterocycles. The highest BCUT2D eigenvalue weighted by atomic mass is 16.5. The second-order valence-electron chi connectivity index (χ2n) is 5.16. The van der Waals surface area contributed by atoms with Crippen molar-refractivity contribution in [2.24, 2.45) is 0 Å². The Morgan fingerprint density at radius 2 is 1.95 bits per heavy atom. The molecule has 0 aliphatic carbocycles. The van der Waals surface area contributed by atoms with Crippen molar-refractivity contribution in [1.82, 2.24) is 4.90 Å². The third kappa shape index (κ3) is 4.93. The van der Waals surface area contributed by atoms with E-state index in [9.17, 15) is 4.79 Å². The number of nitrogen functional groups attached to an aromatic ring is 1. The lowest BCUT2D eigenvalue weighted by Crippen LogP contribution is -2.42. The second-order valence-corrected chi connectivity index (χ2v) is 5.16. The van der Waals surface area contributed by atoms with Crippen molar-refractivity contribution in [3.63, 3.8) is 0 Å². The molecule has 1 aromatic carbocycles. The van der Waals surface area contributed by atoms with E-state index in [4.69, 9.17) is 10.5 Å². The summed E-state index contributed by atoms with van der Waals surface area (Å²) in [5.74, 6) is 0.572. The fourth-order valence-electron chi connectivity index (χ4n) is 2.30. The minimum absolute atomic E-state index is 0.0409. The summed E-state index contributed by atoms with van der Waals surface area (Å²) in [5.41, 5.74) is 6.98. The average molecular weight is 293 g/mol. The molecule has 0 fully saturated rings. The van der Waals surface area contributed by atoms with Gasteiger partial charge in [-0.1, -0.05) is 13.8 Å². The number of ether oxygens (including phenoxy) is 1. The smallest absolute Gasteiger partial charge is 0.241 e. The minimum atomic E-state index is -0.184. The molecule has 1 unspecified atom stereocenters. The molecule has 0 bridgehead atoms. The first kappa shape index (κ1) is 17.3. The average Bonchev–Trinajstić information content (AvgIpc) is 2.46. The Morgan fingerprint density at radius 1 is 1.33 bits per heavy atom. The van der Waals surface area contributed by atoms with Gasteiger partial charge in [-0.3, -0.25) is 9.69 Å². The topological polar surface area (TPSA) is 67.6 Å². The van der Waals surface area contributed by atoms with Crippen molar-refractivity contribution in [2.75, 3.05) is 31.2 Å². The van der Waals surface area contributed by atoms with Gasteiger partial charge in [-0.15, -0.1) is 0 Å². The molecular formula is C16H27N3O2. The van der Waals surface area contributed by atoms with Gasteiger partial charge in [0, 0.05) is 5.69 Å². The largest absolute Gasteiger partial charge is 0.495 e. The van der Waals surface area contributed by atoms with E-state index in [1.165, 1.54) is 0 Å². The van der Waals surface area contributed by atoms with E-state index in [1.54, 1.807) is 25.3 Å². The number of nitrogens with two attached hydrogens (primary N) is 1. The van der Waals surface area contributed by atoms with Crippen LogP contribution >= 0.6 is 0 Å². The molecule has 21 heavy (non-hydrogen) atoms. The summed E-state index contributed by atoms with van der Waals surface area (Å²) in [6.07, 6.45) is 2.05. The van der Waals surface area contributed by atoms with Crippen LogP contribution in [0.15, 0.2) is 18.2 Å². The van der Waals surface area contributed by atoms with Gasteiger partial charge in [0.2, 0.25) is 5.91 Å². The number of nitrogens with zero attached hydrogens (tertiary/aromatic N) is 1. The molecule has 0 radical (unpaired) electrons. The van der Waals surface area contributed by atoms with E-state index in [-0.39, 0.29) is 11.9 Å². The Balaban J connectivity index is 2.81. The highest BCUT2D eigenvalue weighted by molar-refractivity contribution is 5.96. The molecule has 0 aromatic heterocycles. The molecule has 0 heterocycles. The summed E-state index contributed by atoms with van der Waals surface area (Å²) in [7, 11) is 1.57. The molecule has 1 rings (SSSR count). The van der Waals surface area contributed by atoms with Crippen LogP contribution in [0.5, 0.6) is 5.75 Å². The predicted molar refractivity (Wildman–Crippen MR) is 87.7 cm³/mol. The maximum absolute atomic E-state index is 12.4. The minimum Gasteiger partial charge on any atom is -0.495 e. The fourth-order valence-corrected chi connectivity index (χ4v) is 2.30. The van der Waals surface area contributed by atoms with Crippen molar-refractivity contribution in [1.29, 1.82) is 0 Å². The number of anilines is 2. The zero-order valence-electron chi connectivity index (χ0n) is 13.5. The normalized spacial score (nSPS) is 12.2. The third-order valence-corrected chi connectivity index (χ3v) is 3.43. The molecule has 1 atom stereocenters. The monoisotopic (exact) mass is 293 g/mol. The molecule has 0 aliphatic rings. The number of hydrogen-bond donors (Lipinski definition) is 2. The Labute approximate surface area is 127 Å². The molecule has 118 valence electrons. The van der Waals surface area contributed by atoms with E-state index in [0.29, 0.717) is 17.1 Å². The standard InChI is InChI=1S/C16H27N3O2/c1-5-9-19(10-6-2)12(3)16(20)18-14-11-13(17)7-8-15(14)21-4/h7-8,11-12H,5-6,9-10,17H2,1-4H3,(H,18,20). The maximum Gasteiger partial charge on any atom is 0.241 e. The van der Waals surface area contributed by atoms with E-state index in [0.717, 1.165) is 25.9 Å². The molecule has 0 saturated carbocycles. The van der Waals surface area contributed by atoms with Crippen LogP contribution in [0.4, 0.5) is 11.4 Å². The Kier molecular flexibility index (Phi) is 7.02. The molecule has 0 spiro atoms. The van der Waals surface area contributed by atoms with Crippen LogP contribution in [0.25, 0.3) is 0 Å². The van der Waals surface area contributed by atoms with Gasteiger partial charge >= 0.3 is 0 Å². The van der Waals surface area contributed by atoms with Crippen molar-refractivity contribution in [3.05, 3.63) is 18.2 Å². The van der Waals surface area contributed by atoms with Gasteiger partial charge in [-0.05, 0) is 51.1 Å². The van der Waals surface area contributed by atoms with Crippen molar-refractivity contribution < 1.29 is 9.53 Å². The summed E-state index contributed by atoms with van der Waals surface area (Å²) in [6.45, 7) is 7.99. The number of amides is 1. The Morgan fingerprint density at radius 3 is 2.48 bits per heavy atom. The van der Waals surface area contributed by atoms with Crippen LogP contribution in [0, 0.1) is 0 Å². The SMILES string of the molecule is CCCN(CCC)C(C)C(=O)Nc1cc(N)ccc1OC. The van der Waals surface area contributed by atoms with Gasteiger partial charge in [0.25, 0.3) is 0 Å². The first-order valence-electron chi connectivity index (χ1n) is 7.51. The molecule has 5 nitrogen and oxygen atoms in total. The number of carbonyl (C=O) groups excluding carboxylic acids is 1. The van der Waals surface area contributed by atoms with Gasteiger partial charge in [0.1, 0.15) is 5.75 Å². The number of nitrogens with one attached hydrogen (secondary N) is 1. The van der Waals surface area contributed by atoms with Crippen LogP contribution < -0.4 is 15.8 Å². The maximum atomic E-state index is 12.4. The first-order valence-corrected chi connectivity index (χ1v) is 7.51. The van der Waals surface area contributed by atoms with E-state index in [1.807, 2.05) is 6.92 Å². The zero-order valence-corrected chi connectivity index (χ0v) is 13.5. The molecule has 1 aromatic rings. The zero-order chi connectivity index (χ0) is 15.8. The number of benzene rings is 1. The Bertz CT molecular complexity index is 457. The summed E-state index contributed by atoms with van der Waals surface area (Å²) in [4.78, 5) is 14.6. The Hall–Kier alpha value is -1.75. The third-order valence-electron chi connectivity index (χ3n) is 3.43. The first-order chi connectivity index (χ1) is 10.0. The van der Waals surface area contributed by atoms with Crippen LogP contribution in [0.3, 0.4) is 0 Å². The van der Waals surface area contributed by atoms with Gasteiger partial charge in [-0.2, -0.15) is 0 Å². The summed E-state index contributed by atoms with van der Waals surface area (Å²) in [5, 5.41) is 2.91. The quantitative estimate of drug-likeness (QED) is 0.723. The van der Waals surface area contributed by atoms with E-state index in [2.05, 4.69) is 24.1 Å². The number of carbonyl (C=O) groups is 1. The van der Waals surface area contributed by atoms with Crippen molar-refractivity contribution in [2.45, 2.75) is 39.7 Å². The molecular weight excluding hydrogens is 266 g/mol. The fraction of sp³-hybridized carbons (Fsp3) is 0.562. The lowest BCUT2D eigenvalue weighted by Gasteiger charge is -2.27. The predicted octanol–water partition coefficient (Wildman–Crippen LogP) is 2.73. The summed E-state index contributed by atoms with van der Waals surface area (Å²) in [6, 6.07) is 5.04. The van der Waals surface area contributed by atoms with Gasteiger partial charge in [0.15, 0.2) is 0 Å². The highest BCUT2D eigenvalue weighted by Crippen LogP contribution is 2.26. The molecule has 0 aliphatic heterocycles. The van der Waals surface area contributed by atoms with Crippen LogP contribution in [0.1, 0.15) is 33.6 Å². The molecule has 5 heteroatoms. The van der Waals surface area contributed by atoms with Crippen molar-refractivity contribution in [3.8, 4) is 5.75 Å². The lowest BCUT2D eigenvalue weighted by atomic mass is 10.2. The summed E-state index contributed by atoms with van der Waals surface area (Å²) >= 11 is 0. The van der Waals surface area contributed by atoms with Gasteiger partial charge < -0.3 is 15.8 Å². The summed E-state index contributed by atoms with van der Waals surface area (Å²) < 4.78 is 5.25. The van der Waals surface area contributed by atoms with Crippen LogP contribution in [0.2, 0.25) is 0 Å². The van der Waals surface area contributed by atoms with Crippen LogP contribution in [-0.4, -0.2) is 37.0 Å². The highest BCUT2D eigenvalue weighted by Gasteiger charge is 2.21.